The summed E-state index contributed by atoms with van der Waals surface area (Å²) < 4.78 is 29.2. The zero-order valence-corrected chi connectivity index (χ0v) is 12.5. The predicted molar refractivity (Wildman–Crippen MR) is 74.7 cm³/mol. The van der Waals surface area contributed by atoms with Crippen molar-refractivity contribution in [2.75, 3.05) is 0 Å². The summed E-state index contributed by atoms with van der Waals surface area (Å²) >= 11 is 5.89. The van der Waals surface area contributed by atoms with Gasteiger partial charge in [0.15, 0.2) is 0 Å². The molecule has 0 spiro atoms. The Morgan fingerprint density at radius 3 is 2.48 bits per heavy atom. The van der Waals surface area contributed by atoms with Gasteiger partial charge in [-0.3, -0.25) is 14.3 Å². The maximum Gasteiger partial charge on any atom is 0.297 e. The Bertz CT molecular complexity index is 617. The van der Waals surface area contributed by atoms with Crippen LogP contribution in [0.3, 0.4) is 0 Å². The molecule has 1 fully saturated rings. The van der Waals surface area contributed by atoms with Crippen molar-refractivity contribution in [1.29, 1.82) is 0 Å². The van der Waals surface area contributed by atoms with Gasteiger partial charge in [-0.1, -0.05) is 0 Å². The number of hydrogen-bond acceptors (Lipinski definition) is 6. The average Bonchev–Trinajstić information content (AvgIpc) is 2.44. The van der Waals surface area contributed by atoms with Crippen molar-refractivity contribution in [3.8, 4) is 0 Å². The molecule has 1 aromatic rings. The Kier molecular flexibility index (Phi) is 4.82. The second-order valence-corrected chi connectivity index (χ2v) is 6.91. The number of nitro groups is 1. The van der Waals surface area contributed by atoms with E-state index in [1.165, 1.54) is 0 Å². The number of rotatable bonds is 4. The van der Waals surface area contributed by atoms with Gasteiger partial charge in [-0.15, -0.1) is 11.6 Å². The van der Waals surface area contributed by atoms with Gasteiger partial charge in [-0.05, 0) is 31.4 Å². The highest BCUT2D eigenvalue weighted by atomic mass is 35.5. The summed E-state index contributed by atoms with van der Waals surface area (Å²) in [6, 6.07) is 4.36. The molecule has 0 amide bonds. The van der Waals surface area contributed by atoms with Crippen LogP contribution in [0.4, 0.5) is 5.69 Å². The number of halogens is 1. The van der Waals surface area contributed by atoms with E-state index in [4.69, 9.17) is 15.8 Å². The van der Waals surface area contributed by atoms with E-state index < -0.39 is 32.6 Å². The van der Waals surface area contributed by atoms with Gasteiger partial charge in [0, 0.05) is 12.1 Å². The molecule has 1 aliphatic rings. The van der Waals surface area contributed by atoms with E-state index in [-0.39, 0.29) is 10.6 Å². The number of benzene rings is 1. The molecular weight excluding hydrogens is 322 g/mol. The molecule has 116 valence electrons. The van der Waals surface area contributed by atoms with Crippen LogP contribution in [0.1, 0.15) is 19.3 Å². The average molecular weight is 336 g/mol. The van der Waals surface area contributed by atoms with Gasteiger partial charge in [0.1, 0.15) is 6.10 Å². The highest BCUT2D eigenvalue weighted by Gasteiger charge is 2.35. The van der Waals surface area contributed by atoms with E-state index >= 15 is 0 Å². The third-order valence-corrected chi connectivity index (χ3v) is 5.13. The van der Waals surface area contributed by atoms with Crippen LogP contribution in [0, 0.1) is 10.1 Å². The molecule has 9 heteroatoms. The minimum atomic E-state index is -4.10. The highest BCUT2D eigenvalue weighted by Crippen LogP contribution is 2.28. The van der Waals surface area contributed by atoms with E-state index in [9.17, 15) is 23.6 Å². The third kappa shape index (κ3) is 3.70. The molecule has 0 bridgehead atoms. The number of nitrogens with zero attached hydrogens (tertiary/aromatic N) is 1. The quantitative estimate of drug-likeness (QED) is 0.389. The maximum atomic E-state index is 12.1. The fraction of sp³-hybridized carbons (Fsp3) is 0.500. The zero-order chi connectivity index (χ0) is 15.6. The van der Waals surface area contributed by atoms with E-state index in [1.54, 1.807) is 0 Å². The first-order chi connectivity index (χ1) is 9.81. The lowest BCUT2D eigenvalue weighted by molar-refractivity contribution is -0.384. The largest absolute Gasteiger partial charge is 0.389 e. The molecule has 0 heterocycles. The molecule has 1 N–H and O–H groups in total. The smallest absolute Gasteiger partial charge is 0.297 e. The molecule has 0 aromatic heterocycles. The Balaban J connectivity index is 2.16. The van der Waals surface area contributed by atoms with Crippen LogP contribution in [0.2, 0.25) is 0 Å². The lowest BCUT2D eigenvalue weighted by Gasteiger charge is -2.30. The fourth-order valence-electron chi connectivity index (χ4n) is 2.15. The van der Waals surface area contributed by atoms with E-state index in [2.05, 4.69) is 0 Å². The normalized spacial score (nSPS) is 26.5. The first-order valence-electron chi connectivity index (χ1n) is 6.31. The minimum Gasteiger partial charge on any atom is -0.389 e. The molecule has 0 unspecified atom stereocenters. The number of hydrogen-bond donors (Lipinski definition) is 1. The second kappa shape index (κ2) is 6.27. The number of aliphatic hydroxyl groups excluding tert-OH is 1. The highest BCUT2D eigenvalue weighted by molar-refractivity contribution is 7.86. The number of aliphatic hydroxyl groups is 1. The Labute approximate surface area is 126 Å². The van der Waals surface area contributed by atoms with Crippen molar-refractivity contribution in [2.24, 2.45) is 0 Å². The van der Waals surface area contributed by atoms with Crippen LogP contribution in [-0.2, 0) is 14.3 Å². The van der Waals surface area contributed by atoms with Gasteiger partial charge >= 0.3 is 0 Å². The molecule has 0 aliphatic heterocycles. The van der Waals surface area contributed by atoms with Crippen LogP contribution in [0.5, 0.6) is 0 Å². The predicted octanol–water partition coefficient (Wildman–Crippen LogP) is 1.82. The standard InChI is InChI=1S/C12H14ClNO6S/c13-10-2-1-3-11(12(10)15)20-21(18,19)9-6-4-8(5-7-9)14(16)17/h4-7,10-12,15H,1-3H2/t10-,11-,12+/m0/s1. The van der Waals surface area contributed by atoms with Gasteiger partial charge in [0.25, 0.3) is 15.8 Å². The number of non-ortho nitro benzene ring substituents is 1. The van der Waals surface area contributed by atoms with Gasteiger partial charge in [-0.25, -0.2) is 0 Å². The number of nitro benzene ring substituents is 1. The third-order valence-electron chi connectivity index (χ3n) is 3.31. The van der Waals surface area contributed by atoms with Crippen LogP contribution >= 0.6 is 11.6 Å². The van der Waals surface area contributed by atoms with Crippen molar-refractivity contribution >= 4 is 27.4 Å². The molecule has 0 radical (unpaired) electrons. The van der Waals surface area contributed by atoms with Crippen LogP contribution in [0.15, 0.2) is 29.2 Å². The van der Waals surface area contributed by atoms with Gasteiger partial charge < -0.3 is 5.11 Å². The first-order valence-corrected chi connectivity index (χ1v) is 8.15. The zero-order valence-electron chi connectivity index (χ0n) is 10.9. The lowest BCUT2D eigenvalue weighted by Crippen LogP contribution is -2.41. The Hall–Kier alpha value is -1.22. The summed E-state index contributed by atoms with van der Waals surface area (Å²) in [5, 5.41) is 19.8. The van der Waals surface area contributed by atoms with Crippen LogP contribution in [0.25, 0.3) is 0 Å². The molecule has 2 rings (SSSR count). The van der Waals surface area contributed by atoms with Crippen LogP contribution in [-0.4, -0.2) is 36.0 Å². The molecule has 7 nitrogen and oxygen atoms in total. The Morgan fingerprint density at radius 2 is 1.90 bits per heavy atom. The molecule has 3 atom stereocenters. The van der Waals surface area contributed by atoms with Gasteiger partial charge in [-0.2, -0.15) is 8.42 Å². The molecule has 1 aromatic carbocycles. The summed E-state index contributed by atoms with van der Waals surface area (Å²) in [6.45, 7) is 0. The second-order valence-electron chi connectivity index (χ2n) is 4.78. The molecule has 1 aliphatic carbocycles. The summed E-state index contributed by atoms with van der Waals surface area (Å²) in [5.74, 6) is 0. The van der Waals surface area contributed by atoms with E-state index in [1.807, 2.05) is 0 Å². The summed E-state index contributed by atoms with van der Waals surface area (Å²) in [7, 11) is -4.10. The van der Waals surface area contributed by atoms with Crippen molar-refractivity contribution in [2.45, 2.75) is 41.7 Å². The maximum absolute atomic E-state index is 12.1. The van der Waals surface area contributed by atoms with E-state index in [0.717, 1.165) is 24.3 Å². The molecular formula is C12H14ClNO6S. The van der Waals surface area contributed by atoms with Crippen molar-refractivity contribution in [3.05, 3.63) is 34.4 Å². The SMILES string of the molecule is O=[N+]([O-])c1ccc(S(=O)(=O)O[C@H]2CCC[C@H](Cl)[C@H]2O)cc1. The summed E-state index contributed by atoms with van der Waals surface area (Å²) in [4.78, 5) is 9.71. The molecule has 1 saturated carbocycles. The minimum absolute atomic E-state index is 0.197. The fourth-order valence-corrected chi connectivity index (χ4v) is 3.58. The summed E-state index contributed by atoms with van der Waals surface area (Å²) in [6.07, 6.45) is -0.322. The van der Waals surface area contributed by atoms with E-state index in [0.29, 0.717) is 19.3 Å². The summed E-state index contributed by atoms with van der Waals surface area (Å²) in [5.41, 5.74) is -0.215. The van der Waals surface area contributed by atoms with Crippen molar-refractivity contribution in [1.82, 2.24) is 0 Å². The monoisotopic (exact) mass is 335 g/mol. The topological polar surface area (TPSA) is 107 Å². The number of alkyl halides is 1. The van der Waals surface area contributed by atoms with Gasteiger partial charge in [0.05, 0.1) is 21.3 Å². The Morgan fingerprint density at radius 1 is 1.29 bits per heavy atom. The first kappa shape index (κ1) is 16.2. The van der Waals surface area contributed by atoms with Crippen molar-refractivity contribution in [3.63, 3.8) is 0 Å². The lowest BCUT2D eigenvalue weighted by atomic mass is 9.95. The molecule has 21 heavy (non-hydrogen) atoms. The van der Waals surface area contributed by atoms with Crippen LogP contribution < -0.4 is 0 Å². The van der Waals surface area contributed by atoms with Gasteiger partial charge in [0.2, 0.25) is 0 Å². The molecule has 0 saturated heterocycles. The van der Waals surface area contributed by atoms with Crippen molar-refractivity contribution < 1.29 is 22.6 Å².